The van der Waals surface area contributed by atoms with Gasteiger partial charge in [0, 0.05) is 16.0 Å². The van der Waals surface area contributed by atoms with E-state index in [9.17, 15) is 26.4 Å². The van der Waals surface area contributed by atoms with E-state index in [1.54, 1.807) is 6.07 Å². The van der Waals surface area contributed by atoms with Gasteiger partial charge < -0.3 is 4.74 Å². The van der Waals surface area contributed by atoms with Gasteiger partial charge in [-0.1, -0.05) is 35.3 Å². The maximum Gasteiger partial charge on any atom is 0.523 e. The molecule has 0 amide bonds. The second kappa shape index (κ2) is 8.97. The highest BCUT2D eigenvalue weighted by atomic mass is 35.5. The zero-order valence-electron chi connectivity index (χ0n) is 16.1. The van der Waals surface area contributed by atoms with Crippen molar-refractivity contribution in [2.75, 3.05) is 7.11 Å². The van der Waals surface area contributed by atoms with E-state index in [0.29, 0.717) is 35.4 Å². The molecule has 31 heavy (non-hydrogen) atoms. The first-order valence-electron chi connectivity index (χ1n) is 9.10. The van der Waals surface area contributed by atoms with Crippen molar-refractivity contribution in [2.45, 2.75) is 36.8 Å². The first-order chi connectivity index (χ1) is 14.4. The molecule has 0 fully saturated rings. The van der Waals surface area contributed by atoms with Crippen molar-refractivity contribution in [1.29, 1.82) is 0 Å². The Bertz CT molecular complexity index is 1100. The molecule has 0 radical (unpaired) electrons. The molecule has 0 bridgehead atoms. The van der Waals surface area contributed by atoms with Crippen molar-refractivity contribution >= 4 is 39.3 Å². The summed E-state index contributed by atoms with van der Waals surface area (Å²) in [4.78, 5) is 11.9. The predicted molar refractivity (Wildman–Crippen MR) is 109 cm³/mol. The van der Waals surface area contributed by atoms with Gasteiger partial charge >= 0.3 is 21.6 Å². The maximum absolute atomic E-state index is 13.1. The molecular formula is C20H17Cl2F3O5S. The lowest BCUT2D eigenvalue weighted by Crippen LogP contribution is -2.29. The summed E-state index contributed by atoms with van der Waals surface area (Å²) in [6, 6.07) is 8.71. The van der Waals surface area contributed by atoms with E-state index in [1.807, 2.05) is 0 Å². The van der Waals surface area contributed by atoms with E-state index >= 15 is 0 Å². The van der Waals surface area contributed by atoms with Gasteiger partial charge in [-0.15, -0.1) is 0 Å². The van der Waals surface area contributed by atoms with Crippen LogP contribution in [0.2, 0.25) is 10.0 Å². The Morgan fingerprint density at radius 1 is 1.10 bits per heavy atom. The van der Waals surface area contributed by atoms with Gasteiger partial charge in [0.05, 0.1) is 12.7 Å². The number of benzene rings is 2. The zero-order chi connectivity index (χ0) is 23.0. The quantitative estimate of drug-likeness (QED) is 0.231. The van der Waals surface area contributed by atoms with E-state index in [2.05, 4.69) is 4.74 Å². The first-order valence-corrected chi connectivity index (χ1v) is 11.3. The predicted octanol–water partition coefficient (Wildman–Crippen LogP) is 5.81. The van der Waals surface area contributed by atoms with Crippen LogP contribution in [-0.2, 0) is 25.5 Å². The minimum absolute atomic E-state index is 0.185. The van der Waals surface area contributed by atoms with E-state index in [4.69, 9.17) is 27.4 Å². The number of hydrogen-bond acceptors (Lipinski definition) is 5. The molecule has 0 saturated carbocycles. The number of alkyl halides is 3. The summed E-state index contributed by atoms with van der Waals surface area (Å²) in [5.41, 5.74) is -4.26. The van der Waals surface area contributed by atoms with Crippen LogP contribution in [0.25, 0.3) is 0 Å². The molecule has 0 N–H and O–H groups in total. The van der Waals surface area contributed by atoms with Gasteiger partial charge in [0.15, 0.2) is 0 Å². The molecule has 11 heteroatoms. The third-order valence-corrected chi connectivity index (χ3v) is 6.66. The summed E-state index contributed by atoms with van der Waals surface area (Å²) in [7, 11) is -4.71. The van der Waals surface area contributed by atoms with Crippen molar-refractivity contribution in [2.24, 2.45) is 0 Å². The smallest absolute Gasteiger partial charge is 0.465 e. The molecule has 1 aliphatic carbocycles. The maximum atomic E-state index is 13.1. The molecule has 0 aromatic heterocycles. The fourth-order valence-electron chi connectivity index (χ4n) is 3.66. The number of rotatable bonds is 4. The van der Waals surface area contributed by atoms with Gasteiger partial charge in [0.1, 0.15) is 6.10 Å². The number of carbonyl (C=O) groups excluding carboxylic acids is 1. The Kier molecular flexibility index (Phi) is 6.90. The molecule has 2 unspecified atom stereocenters. The standard InChI is InChI=1S/C20H17Cl2F3O5S/c1-29-19(26)12-5-7-14-11(9-12)3-2-4-16(15-8-6-13(21)10-17(15)22)18(14)30-31(27,28)20(23,24)25/h5-10,16,18H,2-4H2,1H3. The number of carbonyl (C=O) groups is 1. The summed E-state index contributed by atoms with van der Waals surface area (Å²) in [5, 5.41) is 0.510. The second-order valence-electron chi connectivity index (χ2n) is 6.99. The number of aryl methyl sites for hydroxylation is 1. The van der Waals surface area contributed by atoms with E-state index in [-0.39, 0.29) is 16.1 Å². The molecule has 2 aromatic carbocycles. The van der Waals surface area contributed by atoms with Crippen LogP contribution in [0.15, 0.2) is 36.4 Å². The molecule has 168 valence electrons. The third-order valence-electron chi connectivity index (χ3n) is 5.07. The number of halogens is 5. The summed E-state index contributed by atoms with van der Waals surface area (Å²) >= 11 is 12.2. The molecule has 0 heterocycles. The van der Waals surface area contributed by atoms with Gasteiger partial charge in [-0.2, -0.15) is 21.6 Å². The highest BCUT2D eigenvalue weighted by molar-refractivity contribution is 7.87. The highest BCUT2D eigenvalue weighted by Crippen LogP contribution is 2.46. The Balaban J connectivity index is 2.16. The van der Waals surface area contributed by atoms with Crippen LogP contribution < -0.4 is 0 Å². The van der Waals surface area contributed by atoms with E-state index < -0.39 is 33.6 Å². The molecule has 5 nitrogen and oxygen atoms in total. The lowest BCUT2D eigenvalue weighted by atomic mass is 9.87. The van der Waals surface area contributed by atoms with Crippen LogP contribution in [0.5, 0.6) is 0 Å². The van der Waals surface area contributed by atoms with Crippen molar-refractivity contribution in [3.63, 3.8) is 0 Å². The molecule has 2 atom stereocenters. The SMILES string of the molecule is COC(=O)c1ccc2c(c1)CCCC(c1ccc(Cl)cc1Cl)C2OS(=O)(=O)C(F)(F)F. The van der Waals surface area contributed by atoms with Crippen molar-refractivity contribution in [1.82, 2.24) is 0 Å². The van der Waals surface area contributed by atoms with Crippen molar-refractivity contribution < 1.29 is 35.3 Å². The van der Waals surface area contributed by atoms with Crippen LogP contribution in [-0.4, -0.2) is 27.0 Å². The number of fused-ring (bicyclic) bond motifs is 1. The summed E-state index contributed by atoms with van der Waals surface area (Å²) in [6.45, 7) is 0. The Morgan fingerprint density at radius 2 is 1.77 bits per heavy atom. The lowest BCUT2D eigenvalue weighted by Gasteiger charge is -2.28. The normalized spacial score (nSPS) is 19.4. The van der Waals surface area contributed by atoms with Gasteiger partial charge in [-0.05, 0) is 60.2 Å². The van der Waals surface area contributed by atoms with E-state index in [0.717, 1.165) is 0 Å². The van der Waals surface area contributed by atoms with E-state index in [1.165, 1.54) is 37.4 Å². The monoisotopic (exact) mass is 496 g/mol. The average molecular weight is 497 g/mol. The van der Waals surface area contributed by atoms with Gasteiger partial charge in [-0.25, -0.2) is 4.79 Å². The Hall–Kier alpha value is -1.81. The molecule has 0 spiro atoms. The molecule has 0 saturated heterocycles. The summed E-state index contributed by atoms with van der Waals surface area (Å²) in [5.74, 6) is -1.42. The number of ether oxygens (including phenoxy) is 1. The van der Waals surface area contributed by atoms with Gasteiger partial charge in [0.25, 0.3) is 0 Å². The highest BCUT2D eigenvalue weighted by Gasteiger charge is 2.50. The first kappa shape index (κ1) is 23.8. The molecule has 2 aromatic rings. The number of methoxy groups -OCH3 is 1. The third kappa shape index (κ3) is 5.00. The molecule has 1 aliphatic rings. The number of esters is 1. The fraction of sp³-hybridized carbons (Fsp3) is 0.350. The molecular weight excluding hydrogens is 480 g/mol. The Labute approximate surface area is 187 Å². The second-order valence-corrected chi connectivity index (χ2v) is 9.39. The number of hydrogen-bond donors (Lipinski definition) is 0. The molecule has 3 rings (SSSR count). The van der Waals surface area contributed by atoms with Gasteiger partial charge in [-0.3, -0.25) is 4.18 Å². The van der Waals surface area contributed by atoms with Gasteiger partial charge in [0.2, 0.25) is 0 Å². The zero-order valence-corrected chi connectivity index (χ0v) is 18.4. The summed E-state index contributed by atoms with van der Waals surface area (Å²) < 4.78 is 72.6. The average Bonchev–Trinajstić information content (AvgIpc) is 2.85. The van der Waals surface area contributed by atoms with Crippen LogP contribution >= 0.6 is 23.2 Å². The largest absolute Gasteiger partial charge is 0.523 e. The molecule has 0 aliphatic heterocycles. The summed E-state index contributed by atoms with van der Waals surface area (Å²) in [6.07, 6.45) is -0.322. The van der Waals surface area contributed by atoms with Crippen LogP contribution in [0.3, 0.4) is 0 Å². The minimum Gasteiger partial charge on any atom is -0.465 e. The van der Waals surface area contributed by atoms with Crippen molar-refractivity contribution in [3.05, 3.63) is 68.7 Å². The van der Waals surface area contributed by atoms with Crippen LogP contribution in [0.4, 0.5) is 13.2 Å². The van der Waals surface area contributed by atoms with Crippen molar-refractivity contribution in [3.8, 4) is 0 Å². The topological polar surface area (TPSA) is 69.7 Å². The van der Waals surface area contributed by atoms with Crippen LogP contribution in [0, 0.1) is 0 Å². The fourth-order valence-corrected chi connectivity index (χ4v) is 4.82. The Morgan fingerprint density at radius 3 is 2.39 bits per heavy atom. The lowest BCUT2D eigenvalue weighted by molar-refractivity contribution is -0.0585. The van der Waals surface area contributed by atoms with Crippen LogP contribution in [0.1, 0.15) is 51.9 Å². The minimum atomic E-state index is -5.91.